The highest BCUT2D eigenvalue weighted by molar-refractivity contribution is 5.96. The van der Waals surface area contributed by atoms with Crippen molar-refractivity contribution < 1.29 is 14.5 Å². The molecular weight excluding hydrogens is 326 g/mol. The fourth-order valence-electron chi connectivity index (χ4n) is 3.00. The standard InChI is InChI=1S/C21H27N3O2/c1-15(2)17-12-10-16(11-13-17)14-24(4)19(18-8-6-5-7-9-18)20(25)23-21(26)22-3/h5-13,15,19H,14H2,1-4H3,(H2,22,23,25,26)/p+1/t19-/m1/s1. The van der Waals surface area contributed by atoms with Gasteiger partial charge in [-0.1, -0.05) is 68.4 Å². The SMILES string of the molecule is CNC(=O)NC(=O)[C@@H](c1ccccc1)[NH+](C)Cc1ccc(C(C)C)cc1. The Labute approximate surface area is 155 Å². The number of hydrogen-bond acceptors (Lipinski definition) is 2. The third kappa shape index (κ3) is 5.17. The van der Waals surface area contributed by atoms with Gasteiger partial charge in [0.2, 0.25) is 0 Å². The van der Waals surface area contributed by atoms with Crippen LogP contribution in [0.2, 0.25) is 0 Å². The lowest BCUT2D eigenvalue weighted by atomic mass is 10.0. The van der Waals surface area contributed by atoms with E-state index < -0.39 is 12.1 Å². The Kier molecular flexibility index (Phi) is 6.92. The molecule has 0 spiro atoms. The number of imide groups is 1. The average molecular weight is 354 g/mol. The molecule has 0 aliphatic carbocycles. The number of carbonyl (C=O) groups is 2. The summed E-state index contributed by atoms with van der Waals surface area (Å²) in [5.74, 6) is 0.177. The third-order valence-corrected chi connectivity index (χ3v) is 4.48. The van der Waals surface area contributed by atoms with Crippen LogP contribution in [0.25, 0.3) is 0 Å². The summed E-state index contributed by atoms with van der Waals surface area (Å²) >= 11 is 0. The molecule has 1 unspecified atom stereocenters. The van der Waals surface area contributed by atoms with Gasteiger partial charge in [-0.3, -0.25) is 10.1 Å². The molecule has 0 heterocycles. The number of hydrogen-bond donors (Lipinski definition) is 3. The van der Waals surface area contributed by atoms with Crippen LogP contribution in [-0.2, 0) is 11.3 Å². The molecule has 3 amide bonds. The minimum Gasteiger partial charge on any atom is -0.341 e. The van der Waals surface area contributed by atoms with Gasteiger partial charge in [0.25, 0.3) is 5.91 Å². The zero-order chi connectivity index (χ0) is 19.1. The minimum atomic E-state index is -0.495. The highest BCUT2D eigenvalue weighted by atomic mass is 16.2. The minimum absolute atomic E-state index is 0.313. The number of benzene rings is 2. The molecule has 2 aromatic carbocycles. The van der Waals surface area contributed by atoms with Gasteiger partial charge in [-0.05, 0) is 11.5 Å². The molecule has 0 bridgehead atoms. The average Bonchev–Trinajstić information content (AvgIpc) is 2.63. The van der Waals surface area contributed by atoms with Crippen molar-refractivity contribution in [1.29, 1.82) is 0 Å². The summed E-state index contributed by atoms with van der Waals surface area (Å²) < 4.78 is 0. The number of urea groups is 1. The van der Waals surface area contributed by atoms with E-state index in [0.717, 1.165) is 16.0 Å². The van der Waals surface area contributed by atoms with E-state index in [9.17, 15) is 9.59 Å². The molecule has 138 valence electrons. The molecule has 2 atom stereocenters. The topological polar surface area (TPSA) is 62.6 Å². The lowest BCUT2D eigenvalue weighted by Gasteiger charge is -2.24. The van der Waals surface area contributed by atoms with Gasteiger partial charge in [-0.2, -0.15) is 0 Å². The first-order valence-electron chi connectivity index (χ1n) is 8.91. The van der Waals surface area contributed by atoms with Crippen LogP contribution >= 0.6 is 0 Å². The first-order chi connectivity index (χ1) is 12.4. The molecule has 0 saturated carbocycles. The van der Waals surface area contributed by atoms with Crippen LogP contribution < -0.4 is 15.5 Å². The molecule has 2 rings (SSSR count). The van der Waals surface area contributed by atoms with Crippen molar-refractivity contribution in [1.82, 2.24) is 10.6 Å². The van der Waals surface area contributed by atoms with Crippen molar-refractivity contribution in [3.63, 3.8) is 0 Å². The van der Waals surface area contributed by atoms with E-state index in [1.807, 2.05) is 37.4 Å². The van der Waals surface area contributed by atoms with Gasteiger partial charge in [0.1, 0.15) is 6.54 Å². The van der Waals surface area contributed by atoms with Crippen LogP contribution in [-0.4, -0.2) is 26.0 Å². The molecule has 26 heavy (non-hydrogen) atoms. The number of likely N-dealkylation sites (N-methyl/N-ethyl adjacent to an activating group) is 1. The van der Waals surface area contributed by atoms with E-state index in [4.69, 9.17) is 0 Å². The molecule has 3 N–H and O–H groups in total. The maximum Gasteiger partial charge on any atom is 0.321 e. The molecule has 0 radical (unpaired) electrons. The zero-order valence-corrected chi connectivity index (χ0v) is 15.9. The van der Waals surface area contributed by atoms with E-state index in [-0.39, 0.29) is 5.91 Å². The molecular formula is C21H28N3O2+. The maximum atomic E-state index is 12.7. The number of carbonyl (C=O) groups excluding carboxylic acids is 2. The van der Waals surface area contributed by atoms with Crippen LogP contribution in [0.3, 0.4) is 0 Å². The van der Waals surface area contributed by atoms with E-state index in [0.29, 0.717) is 12.5 Å². The van der Waals surface area contributed by atoms with Crippen LogP contribution in [0.4, 0.5) is 4.79 Å². The Bertz CT molecular complexity index is 727. The van der Waals surface area contributed by atoms with Crippen LogP contribution in [0.5, 0.6) is 0 Å². The molecule has 0 aliphatic rings. The Morgan fingerprint density at radius 3 is 2.12 bits per heavy atom. The second-order valence-corrected chi connectivity index (χ2v) is 6.83. The Balaban J connectivity index is 2.21. The largest absolute Gasteiger partial charge is 0.341 e. The Morgan fingerprint density at radius 1 is 0.962 bits per heavy atom. The smallest absolute Gasteiger partial charge is 0.321 e. The Hall–Kier alpha value is -2.66. The number of rotatable bonds is 6. The van der Waals surface area contributed by atoms with Gasteiger partial charge in [-0.25, -0.2) is 4.79 Å². The summed E-state index contributed by atoms with van der Waals surface area (Å²) in [6.45, 7) is 5.01. The summed E-state index contributed by atoms with van der Waals surface area (Å²) in [6, 6.07) is 17.1. The van der Waals surface area contributed by atoms with Crippen LogP contribution in [0, 0.1) is 0 Å². The van der Waals surface area contributed by atoms with Crippen LogP contribution in [0.1, 0.15) is 42.5 Å². The Morgan fingerprint density at radius 2 is 1.58 bits per heavy atom. The molecule has 0 fully saturated rings. The van der Waals surface area contributed by atoms with Gasteiger partial charge in [0.15, 0.2) is 6.04 Å². The van der Waals surface area contributed by atoms with Gasteiger partial charge < -0.3 is 10.2 Å². The molecule has 5 heteroatoms. The summed E-state index contributed by atoms with van der Waals surface area (Å²) in [7, 11) is 3.46. The van der Waals surface area contributed by atoms with Crippen molar-refractivity contribution in [3.8, 4) is 0 Å². The second kappa shape index (κ2) is 9.15. The predicted molar refractivity (Wildman–Crippen MR) is 103 cm³/mol. The van der Waals surface area contributed by atoms with E-state index in [2.05, 4.69) is 48.7 Å². The fraction of sp³-hybridized carbons (Fsp3) is 0.333. The van der Waals surface area contributed by atoms with Gasteiger partial charge in [0.05, 0.1) is 7.05 Å². The second-order valence-electron chi connectivity index (χ2n) is 6.83. The lowest BCUT2D eigenvalue weighted by molar-refractivity contribution is -0.916. The molecule has 0 aliphatic heterocycles. The molecule has 0 saturated heterocycles. The van der Waals surface area contributed by atoms with Crippen molar-refractivity contribution in [3.05, 3.63) is 71.3 Å². The highest BCUT2D eigenvalue weighted by Gasteiger charge is 2.30. The molecule has 5 nitrogen and oxygen atoms in total. The molecule has 2 aromatic rings. The maximum absolute atomic E-state index is 12.7. The van der Waals surface area contributed by atoms with Gasteiger partial charge >= 0.3 is 6.03 Å². The van der Waals surface area contributed by atoms with Crippen molar-refractivity contribution in [2.24, 2.45) is 0 Å². The van der Waals surface area contributed by atoms with Crippen molar-refractivity contribution >= 4 is 11.9 Å². The highest BCUT2D eigenvalue weighted by Crippen LogP contribution is 2.15. The predicted octanol–water partition coefficient (Wildman–Crippen LogP) is 2.02. The summed E-state index contributed by atoms with van der Waals surface area (Å²) in [6.07, 6.45) is 0. The third-order valence-electron chi connectivity index (χ3n) is 4.48. The number of quaternary nitrogens is 1. The number of amides is 3. The zero-order valence-electron chi connectivity index (χ0n) is 15.9. The molecule has 0 aromatic heterocycles. The van der Waals surface area contributed by atoms with Crippen molar-refractivity contribution in [2.45, 2.75) is 32.4 Å². The quantitative estimate of drug-likeness (QED) is 0.743. The normalized spacial score (nSPS) is 13.1. The van der Waals surface area contributed by atoms with E-state index >= 15 is 0 Å². The monoisotopic (exact) mass is 354 g/mol. The van der Waals surface area contributed by atoms with Gasteiger partial charge in [-0.15, -0.1) is 0 Å². The van der Waals surface area contributed by atoms with Crippen molar-refractivity contribution in [2.75, 3.05) is 14.1 Å². The summed E-state index contributed by atoms with van der Waals surface area (Å²) in [5, 5.41) is 4.84. The fourth-order valence-corrected chi connectivity index (χ4v) is 3.00. The first kappa shape index (κ1) is 19.7. The first-order valence-corrected chi connectivity index (χ1v) is 8.91. The van der Waals surface area contributed by atoms with E-state index in [1.54, 1.807) is 0 Å². The summed E-state index contributed by atoms with van der Waals surface area (Å²) in [4.78, 5) is 25.3. The number of nitrogens with one attached hydrogen (secondary N) is 3. The van der Waals surface area contributed by atoms with E-state index in [1.165, 1.54) is 12.6 Å². The summed E-state index contributed by atoms with van der Waals surface area (Å²) in [5.41, 5.74) is 3.33. The lowest BCUT2D eigenvalue weighted by Crippen LogP contribution is -3.09. The van der Waals surface area contributed by atoms with Gasteiger partial charge in [0, 0.05) is 18.2 Å². The van der Waals surface area contributed by atoms with Crippen LogP contribution in [0.15, 0.2) is 54.6 Å².